The van der Waals surface area contributed by atoms with E-state index in [0.717, 1.165) is 16.0 Å². The van der Waals surface area contributed by atoms with Gasteiger partial charge >= 0.3 is 0 Å². The number of hydrogen-bond donors (Lipinski definition) is 1. The predicted octanol–water partition coefficient (Wildman–Crippen LogP) is 2.48. The quantitative estimate of drug-likeness (QED) is 0.590. The number of aromatic nitrogens is 3. The Kier molecular flexibility index (Phi) is 1.24. The third-order valence-electron chi connectivity index (χ3n) is 2.08. The molecule has 0 aliphatic rings. The van der Waals surface area contributed by atoms with Crippen LogP contribution < -0.4 is 0 Å². The third kappa shape index (κ3) is 0.890. The highest BCUT2D eigenvalue weighted by Gasteiger charge is 2.05. The van der Waals surface area contributed by atoms with Crippen molar-refractivity contribution in [2.24, 2.45) is 0 Å². The zero-order valence-corrected chi connectivity index (χ0v) is 7.85. The first-order valence-corrected chi connectivity index (χ1v) is 4.85. The van der Waals surface area contributed by atoms with E-state index in [0.29, 0.717) is 0 Å². The van der Waals surface area contributed by atoms with Crippen LogP contribution in [0.3, 0.4) is 0 Å². The van der Waals surface area contributed by atoms with Crippen LogP contribution in [0.25, 0.3) is 21.1 Å². The number of hydrogen-bond acceptors (Lipinski definition) is 3. The van der Waals surface area contributed by atoms with E-state index in [2.05, 4.69) is 15.2 Å². The van der Waals surface area contributed by atoms with Crippen LogP contribution >= 0.6 is 11.3 Å². The van der Waals surface area contributed by atoms with Crippen molar-refractivity contribution in [3.63, 3.8) is 0 Å². The van der Waals surface area contributed by atoms with Crippen LogP contribution in [-0.2, 0) is 0 Å². The average molecular weight is 189 g/mol. The van der Waals surface area contributed by atoms with Gasteiger partial charge in [0.15, 0.2) is 0 Å². The first-order valence-electron chi connectivity index (χ1n) is 4.04. The van der Waals surface area contributed by atoms with E-state index in [4.69, 9.17) is 0 Å². The lowest BCUT2D eigenvalue weighted by Crippen LogP contribution is -1.70. The highest BCUT2D eigenvalue weighted by Crippen LogP contribution is 2.28. The minimum Gasteiger partial charge on any atom is -0.278 e. The highest BCUT2D eigenvalue weighted by atomic mass is 32.1. The van der Waals surface area contributed by atoms with Crippen LogP contribution in [0, 0.1) is 6.92 Å². The van der Waals surface area contributed by atoms with E-state index < -0.39 is 0 Å². The lowest BCUT2D eigenvalue weighted by atomic mass is 10.2. The van der Waals surface area contributed by atoms with Gasteiger partial charge in [0, 0.05) is 5.39 Å². The molecule has 1 N–H and O–H groups in total. The van der Waals surface area contributed by atoms with Gasteiger partial charge in [0.2, 0.25) is 0 Å². The number of H-pyrrole nitrogens is 1. The molecule has 0 fully saturated rings. The third-order valence-corrected chi connectivity index (χ3v) is 3.10. The van der Waals surface area contributed by atoms with Crippen molar-refractivity contribution in [3.05, 3.63) is 23.3 Å². The van der Waals surface area contributed by atoms with Crippen molar-refractivity contribution < 1.29 is 0 Å². The lowest BCUT2D eigenvalue weighted by Gasteiger charge is -1.88. The summed E-state index contributed by atoms with van der Waals surface area (Å²) in [4.78, 5) is 4.42. The number of thiazole rings is 1. The summed E-state index contributed by atoms with van der Waals surface area (Å²) >= 11 is 1.72. The Morgan fingerprint density at radius 1 is 1.38 bits per heavy atom. The number of benzene rings is 1. The van der Waals surface area contributed by atoms with Gasteiger partial charge in [-0.05, 0) is 19.1 Å². The van der Waals surface area contributed by atoms with E-state index >= 15 is 0 Å². The fraction of sp³-hybridized carbons (Fsp3) is 0.111. The van der Waals surface area contributed by atoms with Crippen molar-refractivity contribution in [1.82, 2.24) is 15.2 Å². The molecule has 0 saturated heterocycles. The molecule has 0 unspecified atom stereocenters. The number of rotatable bonds is 0. The molecular weight excluding hydrogens is 182 g/mol. The van der Waals surface area contributed by atoms with Gasteiger partial charge in [0.25, 0.3) is 0 Å². The van der Waals surface area contributed by atoms with E-state index in [1.807, 2.05) is 25.3 Å². The molecule has 13 heavy (non-hydrogen) atoms. The highest BCUT2D eigenvalue weighted by molar-refractivity contribution is 7.19. The van der Waals surface area contributed by atoms with E-state index in [1.54, 1.807) is 11.3 Å². The molecular formula is C9H7N3S. The Balaban J connectivity index is 2.64. The number of nitrogens with one attached hydrogen (secondary N) is 1. The summed E-state index contributed by atoms with van der Waals surface area (Å²) in [6.45, 7) is 2.02. The van der Waals surface area contributed by atoms with Crippen LogP contribution in [0.1, 0.15) is 5.01 Å². The molecule has 0 aliphatic heterocycles. The molecule has 0 bridgehead atoms. The Morgan fingerprint density at radius 2 is 2.31 bits per heavy atom. The molecule has 0 radical (unpaired) electrons. The molecule has 2 aromatic heterocycles. The molecule has 2 heterocycles. The predicted molar refractivity (Wildman–Crippen MR) is 54.0 cm³/mol. The second kappa shape index (κ2) is 2.29. The number of aryl methyl sites for hydroxylation is 1. The maximum Gasteiger partial charge on any atom is 0.0908 e. The maximum atomic E-state index is 4.42. The zero-order valence-electron chi connectivity index (χ0n) is 7.03. The van der Waals surface area contributed by atoms with E-state index in [-0.39, 0.29) is 0 Å². The van der Waals surface area contributed by atoms with Gasteiger partial charge in [-0.25, -0.2) is 4.98 Å². The van der Waals surface area contributed by atoms with Crippen molar-refractivity contribution >= 4 is 32.5 Å². The van der Waals surface area contributed by atoms with Crippen LogP contribution in [-0.4, -0.2) is 15.2 Å². The minimum absolute atomic E-state index is 1.07. The molecule has 0 saturated carbocycles. The average Bonchev–Trinajstić information content (AvgIpc) is 2.65. The van der Waals surface area contributed by atoms with Crippen molar-refractivity contribution in [3.8, 4) is 0 Å². The second-order valence-corrected chi connectivity index (χ2v) is 4.18. The van der Waals surface area contributed by atoms with Crippen LogP contribution in [0.2, 0.25) is 0 Å². The number of nitrogens with zero attached hydrogens (tertiary/aromatic N) is 2. The lowest BCUT2D eigenvalue weighted by molar-refractivity contribution is 1.12. The van der Waals surface area contributed by atoms with Gasteiger partial charge in [-0.2, -0.15) is 5.10 Å². The SMILES string of the molecule is Cc1nc2ccc3[nH]ncc3c2s1. The standard InChI is InChI=1S/C9H7N3S/c1-5-11-8-3-2-7-6(4-10-12-7)9(8)13-5/h2-4H,1H3,(H,10,12). The summed E-state index contributed by atoms with van der Waals surface area (Å²) in [5, 5.41) is 9.23. The normalized spacial score (nSPS) is 11.5. The summed E-state index contributed by atoms with van der Waals surface area (Å²) in [5.41, 5.74) is 2.15. The molecule has 64 valence electrons. The fourth-order valence-electron chi connectivity index (χ4n) is 1.52. The molecule has 0 atom stereocenters. The number of fused-ring (bicyclic) bond motifs is 3. The first kappa shape index (κ1) is 7.03. The maximum absolute atomic E-state index is 4.42. The van der Waals surface area contributed by atoms with Crippen molar-refractivity contribution in [2.75, 3.05) is 0 Å². The zero-order chi connectivity index (χ0) is 8.84. The summed E-state index contributed by atoms with van der Waals surface area (Å²) in [6.07, 6.45) is 1.86. The fourth-order valence-corrected chi connectivity index (χ4v) is 2.45. The Bertz CT molecular complexity index is 579. The molecule has 0 aliphatic carbocycles. The van der Waals surface area contributed by atoms with Gasteiger partial charge in [-0.1, -0.05) is 0 Å². The monoisotopic (exact) mass is 189 g/mol. The largest absolute Gasteiger partial charge is 0.278 e. The summed E-state index contributed by atoms with van der Waals surface area (Å²) in [6, 6.07) is 4.04. The molecule has 0 amide bonds. The van der Waals surface area contributed by atoms with Crippen molar-refractivity contribution in [2.45, 2.75) is 6.92 Å². The van der Waals surface area contributed by atoms with Crippen LogP contribution in [0.4, 0.5) is 0 Å². The molecule has 3 aromatic rings. The summed E-state index contributed by atoms with van der Waals surface area (Å²) in [5.74, 6) is 0. The van der Waals surface area contributed by atoms with Gasteiger partial charge < -0.3 is 0 Å². The van der Waals surface area contributed by atoms with Gasteiger partial charge in [0.1, 0.15) is 0 Å². The first-order chi connectivity index (χ1) is 6.34. The summed E-state index contributed by atoms with van der Waals surface area (Å²) in [7, 11) is 0. The van der Waals surface area contributed by atoms with E-state index in [9.17, 15) is 0 Å². The smallest absolute Gasteiger partial charge is 0.0908 e. The van der Waals surface area contributed by atoms with Crippen molar-refractivity contribution in [1.29, 1.82) is 0 Å². The molecule has 0 spiro atoms. The molecule has 4 heteroatoms. The Morgan fingerprint density at radius 3 is 3.23 bits per heavy atom. The molecule has 1 aromatic carbocycles. The Labute approximate surface area is 78.4 Å². The molecule has 3 nitrogen and oxygen atoms in total. The van der Waals surface area contributed by atoms with Crippen LogP contribution in [0.5, 0.6) is 0 Å². The van der Waals surface area contributed by atoms with Gasteiger partial charge in [-0.3, -0.25) is 5.10 Å². The molecule has 3 rings (SSSR count). The number of aromatic amines is 1. The van der Waals surface area contributed by atoms with E-state index in [1.165, 1.54) is 10.1 Å². The minimum atomic E-state index is 1.07. The topological polar surface area (TPSA) is 41.6 Å². The van der Waals surface area contributed by atoms with Gasteiger partial charge in [-0.15, -0.1) is 11.3 Å². The summed E-state index contributed by atoms with van der Waals surface area (Å²) < 4.78 is 1.23. The second-order valence-electron chi connectivity index (χ2n) is 2.98. The van der Waals surface area contributed by atoms with Gasteiger partial charge in [0.05, 0.1) is 26.9 Å². The Hall–Kier alpha value is -1.42. The van der Waals surface area contributed by atoms with Crippen LogP contribution in [0.15, 0.2) is 18.3 Å².